The van der Waals surface area contributed by atoms with Crippen LogP contribution in [0.4, 0.5) is 11.8 Å². The van der Waals surface area contributed by atoms with Crippen molar-refractivity contribution < 1.29 is 23.9 Å². The van der Waals surface area contributed by atoms with Crippen LogP contribution >= 0.6 is 23.1 Å². The van der Waals surface area contributed by atoms with Gasteiger partial charge >= 0.3 is 11.9 Å². The summed E-state index contributed by atoms with van der Waals surface area (Å²) in [7, 11) is 0. The van der Waals surface area contributed by atoms with Gasteiger partial charge in [-0.05, 0) is 38.8 Å². The third-order valence-electron chi connectivity index (χ3n) is 4.22. The van der Waals surface area contributed by atoms with Crippen LogP contribution in [0, 0.1) is 0 Å². The molecule has 0 aliphatic heterocycles. The predicted molar refractivity (Wildman–Crippen MR) is 126 cm³/mol. The Bertz CT molecular complexity index is 1040. The number of thiophene rings is 1. The van der Waals surface area contributed by atoms with E-state index in [-0.39, 0.29) is 42.7 Å². The molecule has 0 saturated heterocycles. The van der Waals surface area contributed by atoms with E-state index in [1.54, 1.807) is 26.0 Å². The lowest BCUT2D eigenvalue weighted by Gasteiger charge is -2.16. The summed E-state index contributed by atoms with van der Waals surface area (Å²) in [6.45, 7) is 3.74. The number of rotatable bonds is 12. The number of carbonyl (C=O) groups is 3. The van der Waals surface area contributed by atoms with Gasteiger partial charge in [0.15, 0.2) is 0 Å². The molecule has 2 rings (SSSR count). The van der Waals surface area contributed by atoms with Crippen LogP contribution in [0.3, 0.4) is 0 Å². The molecule has 0 spiro atoms. The van der Waals surface area contributed by atoms with Gasteiger partial charge in [-0.25, -0.2) is 4.79 Å². The van der Waals surface area contributed by atoms with Gasteiger partial charge in [0.25, 0.3) is 11.5 Å². The molecule has 0 unspecified atom stereocenters. The highest BCUT2D eigenvalue weighted by molar-refractivity contribution is 7.99. The number of nitrogens with two attached hydrogens (primary N) is 2. The fraction of sp³-hybridized carbons (Fsp3) is 0.450. The Morgan fingerprint density at radius 3 is 2.61 bits per heavy atom. The zero-order valence-electron chi connectivity index (χ0n) is 18.3. The summed E-state index contributed by atoms with van der Waals surface area (Å²) in [5.41, 5.74) is 10.8. The van der Waals surface area contributed by atoms with E-state index >= 15 is 0 Å². The van der Waals surface area contributed by atoms with Crippen molar-refractivity contribution in [3.63, 3.8) is 0 Å². The van der Waals surface area contributed by atoms with Crippen LogP contribution in [-0.2, 0) is 25.5 Å². The minimum atomic E-state index is -0.962. The first-order chi connectivity index (χ1) is 15.7. The van der Waals surface area contributed by atoms with Crippen molar-refractivity contribution in [2.24, 2.45) is 0 Å². The van der Waals surface area contributed by atoms with E-state index in [0.717, 1.165) is 4.88 Å². The molecule has 180 valence electrons. The maximum absolute atomic E-state index is 12.7. The second-order valence-corrected chi connectivity index (χ2v) is 8.93. The van der Waals surface area contributed by atoms with Crippen molar-refractivity contribution in [1.29, 1.82) is 0 Å². The molecule has 1 atom stereocenters. The zero-order valence-corrected chi connectivity index (χ0v) is 20.0. The number of H-pyrrole nitrogens is 1. The Kier molecular flexibility index (Phi) is 10.2. The van der Waals surface area contributed by atoms with E-state index in [2.05, 4.69) is 15.3 Å². The number of aromatic nitrogens is 2. The number of amides is 1. The summed E-state index contributed by atoms with van der Waals surface area (Å²) in [6, 6.07) is 2.49. The highest BCUT2D eigenvalue weighted by atomic mass is 32.2. The number of anilines is 2. The maximum atomic E-state index is 12.7. The third-order valence-corrected chi connectivity index (χ3v) is 6.46. The number of hydrogen-bond donors (Lipinski definition) is 4. The molecule has 0 aromatic carbocycles. The number of aryl methyl sites for hydroxylation is 1. The van der Waals surface area contributed by atoms with E-state index in [0.29, 0.717) is 17.1 Å². The molecule has 0 radical (unpaired) electrons. The molecular formula is C20H27N5O6S2. The van der Waals surface area contributed by atoms with Crippen molar-refractivity contribution >= 4 is 52.7 Å². The second kappa shape index (κ2) is 12.8. The standard InChI is InChI=1S/C20H27N5O6S2/c1-3-30-14(26)8-6-12(19(29)31-4-2)23-17(27)13-7-5-11(33-13)9-10-32-15-16(21)24-20(22)25-18(15)28/h5,7,12H,3-4,6,8-10H2,1-2H3,(H,23,27)(H5,21,22,24,25,28)/t12-/m0/s1. The van der Waals surface area contributed by atoms with Gasteiger partial charge in [0, 0.05) is 17.1 Å². The van der Waals surface area contributed by atoms with Gasteiger partial charge in [-0.15, -0.1) is 23.1 Å². The van der Waals surface area contributed by atoms with Crippen LogP contribution in [0.1, 0.15) is 41.2 Å². The fourth-order valence-electron chi connectivity index (χ4n) is 2.74. The summed E-state index contributed by atoms with van der Waals surface area (Å²) in [6.07, 6.45) is 0.632. The van der Waals surface area contributed by atoms with Crippen molar-refractivity contribution in [3.05, 3.63) is 32.2 Å². The summed E-state index contributed by atoms with van der Waals surface area (Å²) in [5, 5.41) is 2.63. The molecule has 2 aromatic heterocycles. The van der Waals surface area contributed by atoms with Crippen molar-refractivity contribution in [1.82, 2.24) is 15.3 Å². The first-order valence-corrected chi connectivity index (χ1v) is 12.0. The molecule has 0 saturated carbocycles. The first-order valence-electron chi connectivity index (χ1n) is 10.2. The Balaban J connectivity index is 1.95. The van der Waals surface area contributed by atoms with Crippen LogP contribution in [-0.4, -0.2) is 52.8 Å². The van der Waals surface area contributed by atoms with E-state index in [1.807, 2.05) is 0 Å². The number of esters is 2. The molecular weight excluding hydrogens is 470 g/mol. The van der Waals surface area contributed by atoms with Crippen LogP contribution in [0.25, 0.3) is 0 Å². The number of nitrogen functional groups attached to an aromatic ring is 2. The molecule has 11 nitrogen and oxygen atoms in total. The molecule has 1 amide bonds. The number of ether oxygens (including phenoxy) is 2. The molecule has 0 bridgehead atoms. The summed E-state index contributed by atoms with van der Waals surface area (Å²) < 4.78 is 9.88. The van der Waals surface area contributed by atoms with Gasteiger partial charge in [-0.3, -0.25) is 19.4 Å². The summed E-state index contributed by atoms with van der Waals surface area (Å²) in [5.74, 6) is -0.939. The number of carbonyl (C=O) groups excluding carboxylic acids is 3. The summed E-state index contributed by atoms with van der Waals surface area (Å²) in [4.78, 5) is 56.3. The van der Waals surface area contributed by atoms with Crippen molar-refractivity contribution in [2.45, 2.75) is 44.0 Å². The van der Waals surface area contributed by atoms with Crippen LogP contribution in [0.5, 0.6) is 0 Å². The Morgan fingerprint density at radius 2 is 1.94 bits per heavy atom. The van der Waals surface area contributed by atoms with E-state index in [4.69, 9.17) is 20.9 Å². The smallest absolute Gasteiger partial charge is 0.328 e. The molecule has 0 fully saturated rings. The quantitative estimate of drug-likeness (QED) is 0.247. The Labute approximate surface area is 198 Å². The topological polar surface area (TPSA) is 179 Å². The number of aromatic amines is 1. The van der Waals surface area contributed by atoms with Gasteiger partial charge in [-0.2, -0.15) is 4.98 Å². The van der Waals surface area contributed by atoms with Crippen LogP contribution in [0.2, 0.25) is 0 Å². The molecule has 13 heteroatoms. The number of thioether (sulfide) groups is 1. The SMILES string of the molecule is CCOC(=O)CC[C@H](NC(=O)c1ccc(CCSc2c(N)nc(N)[nH]c2=O)s1)C(=O)OCC. The molecule has 2 heterocycles. The van der Waals surface area contributed by atoms with Gasteiger partial charge in [0.2, 0.25) is 5.95 Å². The average molecular weight is 498 g/mol. The lowest BCUT2D eigenvalue weighted by atomic mass is 10.1. The lowest BCUT2D eigenvalue weighted by Crippen LogP contribution is -2.42. The second-order valence-electron chi connectivity index (χ2n) is 6.65. The minimum Gasteiger partial charge on any atom is -0.466 e. The number of nitrogens with zero attached hydrogens (tertiary/aromatic N) is 1. The molecule has 33 heavy (non-hydrogen) atoms. The highest BCUT2D eigenvalue weighted by Gasteiger charge is 2.24. The first kappa shape index (κ1) is 26.2. The van der Waals surface area contributed by atoms with Gasteiger partial charge in [-0.1, -0.05) is 0 Å². The zero-order chi connectivity index (χ0) is 24.4. The normalized spacial score (nSPS) is 11.6. The highest BCUT2D eigenvalue weighted by Crippen LogP contribution is 2.23. The number of hydrogen-bond acceptors (Lipinski definition) is 11. The largest absolute Gasteiger partial charge is 0.466 e. The lowest BCUT2D eigenvalue weighted by molar-refractivity contribution is -0.146. The predicted octanol–water partition coefficient (Wildman–Crippen LogP) is 1.34. The van der Waals surface area contributed by atoms with E-state index < -0.39 is 29.4 Å². The fourth-order valence-corrected chi connectivity index (χ4v) is 4.68. The van der Waals surface area contributed by atoms with Crippen LogP contribution in [0.15, 0.2) is 21.8 Å². The maximum Gasteiger partial charge on any atom is 0.328 e. The molecule has 0 aliphatic carbocycles. The van der Waals surface area contributed by atoms with Crippen molar-refractivity contribution in [2.75, 3.05) is 30.4 Å². The van der Waals surface area contributed by atoms with E-state index in [9.17, 15) is 19.2 Å². The minimum absolute atomic E-state index is 0.0211. The van der Waals surface area contributed by atoms with Crippen molar-refractivity contribution in [3.8, 4) is 0 Å². The monoisotopic (exact) mass is 497 g/mol. The average Bonchev–Trinajstić information content (AvgIpc) is 3.22. The Hall–Kier alpha value is -3.06. The molecule has 2 aromatic rings. The Morgan fingerprint density at radius 1 is 1.21 bits per heavy atom. The van der Waals surface area contributed by atoms with Gasteiger partial charge < -0.3 is 26.3 Å². The van der Waals surface area contributed by atoms with E-state index in [1.165, 1.54) is 23.1 Å². The van der Waals surface area contributed by atoms with Crippen LogP contribution < -0.4 is 22.3 Å². The number of nitrogens with one attached hydrogen (secondary N) is 2. The van der Waals surface area contributed by atoms with Gasteiger partial charge in [0.1, 0.15) is 16.8 Å². The molecule has 0 aliphatic rings. The summed E-state index contributed by atoms with van der Waals surface area (Å²) >= 11 is 2.51. The third kappa shape index (κ3) is 8.09. The van der Waals surface area contributed by atoms with Gasteiger partial charge in [0.05, 0.1) is 18.1 Å². The molecule has 6 N–H and O–H groups in total.